The van der Waals surface area contributed by atoms with Gasteiger partial charge in [0.25, 0.3) is 0 Å². The van der Waals surface area contributed by atoms with Gasteiger partial charge in [0, 0.05) is 34.2 Å². The van der Waals surface area contributed by atoms with Crippen LogP contribution in [0.15, 0.2) is 0 Å². The zero-order valence-electron chi connectivity index (χ0n) is 7.37. The molecule has 0 aliphatic heterocycles. The van der Waals surface area contributed by atoms with E-state index in [1.54, 1.807) is 21.3 Å². The molecule has 0 heterocycles. The van der Waals surface area contributed by atoms with Gasteiger partial charge in [-0.2, -0.15) is 0 Å². The standard InChI is InChI=1S/C8H16O3/c1-9-6-4-7(10-2)8(5-6)11-3/h6-8H,4-5H2,1-3H3. The molecule has 11 heavy (non-hydrogen) atoms. The van der Waals surface area contributed by atoms with Crippen LogP contribution in [0.4, 0.5) is 0 Å². The second-order valence-corrected chi connectivity index (χ2v) is 2.88. The van der Waals surface area contributed by atoms with Gasteiger partial charge in [-0.25, -0.2) is 0 Å². The molecule has 3 nitrogen and oxygen atoms in total. The van der Waals surface area contributed by atoms with Gasteiger partial charge in [0.05, 0.1) is 18.3 Å². The van der Waals surface area contributed by atoms with Crippen molar-refractivity contribution in [3.8, 4) is 0 Å². The first kappa shape index (κ1) is 8.97. The summed E-state index contributed by atoms with van der Waals surface area (Å²) in [6.07, 6.45) is 2.64. The second kappa shape index (κ2) is 4.04. The van der Waals surface area contributed by atoms with Crippen molar-refractivity contribution >= 4 is 0 Å². The molecule has 0 aromatic carbocycles. The molecule has 0 bridgehead atoms. The summed E-state index contributed by atoms with van der Waals surface area (Å²) in [5.41, 5.74) is 0. The van der Waals surface area contributed by atoms with Gasteiger partial charge in [0.1, 0.15) is 0 Å². The van der Waals surface area contributed by atoms with Gasteiger partial charge in [0.2, 0.25) is 0 Å². The predicted molar refractivity (Wildman–Crippen MR) is 41.6 cm³/mol. The quantitative estimate of drug-likeness (QED) is 0.612. The number of ether oxygens (including phenoxy) is 3. The van der Waals surface area contributed by atoms with Crippen LogP contribution in [0.25, 0.3) is 0 Å². The monoisotopic (exact) mass is 160 g/mol. The van der Waals surface area contributed by atoms with E-state index in [1.807, 2.05) is 0 Å². The second-order valence-electron chi connectivity index (χ2n) is 2.88. The van der Waals surface area contributed by atoms with Crippen molar-refractivity contribution in [2.75, 3.05) is 21.3 Å². The van der Waals surface area contributed by atoms with Crippen LogP contribution in [0, 0.1) is 0 Å². The molecule has 0 amide bonds. The zero-order chi connectivity index (χ0) is 8.27. The van der Waals surface area contributed by atoms with Gasteiger partial charge >= 0.3 is 0 Å². The fourth-order valence-corrected chi connectivity index (χ4v) is 1.61. The van der Waals surface area contributed by atoms with Gasteiger partial charge in [-0.1, -0.05) is 0 Å². The molecule has 3 heteroatoms. The molecule has 0 aromatic heterocycles. The smallest absolute Gasteiger partial charge is 0.0858 e. The third-order valence-electron chi connectivity index (χ3n) is 2.34. The van der Waals surface area contributed by atoms with E-state index < -0.39 is 0 Å². The third-order valence-corrected chi connectivity index (χ3v) is 2.34. The SMILES string of the molecule is COC1CC(OC)C(OC)C1. The first-order chi connectivity index (χ1) is 5.31. The Bertz CT molecular complexity index is 104. The van der Waals surface area contributed by atoms with Crippen molar-refractivity contribution in [2.24, 2.45) is 0 Å². The lowest BCUT2D eigenvalue weighted by Gasteiger charge is -2.14. The Hall–Kier alpha value is -0.120. The average Bonchev–Trinajstić information content (AvgIpc) is 2.46. The Kier molecular flexibility index (Phi) is 3.30. The molecule has 0 radical (unpaired) electrons. The van der Waals surface area contributed by atoms with E-state index in [2.05, 4.69) is 0 Å². The molecule has 1 fully saturated rings. The van der Waals surface area contributed by atoms with Crippen LogP contribution in [0.5, 0.6) is 0 Å². The van der Waals surface area contributed by atoms with Crippen molar-refractivity contribution in [2.45, 2.75) is 31.2 Å². The first-order valence-electron chi connectivity index (χ1n) is 3.90. The largest absolute Gasteiger partial charge is 0.381 e. The highest BCUT2D eigenvalue weighted by Crippen LogP contribution is 2.26. The molecule has 0 aromatic rings. The summed E-state index contributed by atoms with van der Waals surface area (Å²) in [5, 5.41) is 0. The Labute approximate surface area is 67.6 Å². The maximum absolute atomic E-state index is 5.24. The summed E-state index contributed by atoms with van der Waals surface area (Å²) < 4.78 is 15.7. The summed E-state index contributed by atoms with van der Waals surface area (Å²) in [7, 11) is 5.17. The lowest BCUT2D eigenvalue weighted by Crippen LogP contribution is -2.23. The van der Waals surface area contributed by atoms with E-state index in [0.29, 0.717) is 6.10 Å². The van der Waals surface area contributed by atoms with E-state index in [0.717, 1.165) is 12.8 Å². The van der Waals surface area contributed by atoms with Crippen LogP contribution in [0.3, 0.4) is 0 Å². The van der Waals surface area contributed by atoms with E-state index >= 15 is 0 Å². The first-order valence-corrected chi connectivity index (χ1v) is 3.90. The van der Waals surface area contributed by atoms with Crippen LogP contribution < -0.4 is 0 Å². The topological polar surface area (TPSA) is 27.7 Å². The fraction of sp³-hybridized carbons (Fsp3) is 1.00. The van der Waals surface area contributed by atoms with E-state index in [-0.39, 0.29) is 12.2 Å². The van der Waals surface area contributed by atoms with E-state index in [9.17, 15) is 0 Å². The summed E-state index contributed by atoms with van der Waals surface area (Å²) in [6, 6.07) is 0. The lowest BCUT2D eigenvalue weighted by molar-refractivity contribution is -0.0157. The molecule has 1 aliphatic rings. The molecular weight excluding hydrogens is 144 g/mol. The van der Waals surface area contributed by atoms with Crippen LogP contribution in [-0.4, -0.2) is 39.6 Å². The van der Waals surface area contributed by atoms with Crippen molar-refractivity contribution in [1.29, 1.82) is 0 Å². The average molecular weight is 160 g/mol. The minimum atomic E-state index is 0.213. The highest BCUT2D eigenvalue weighted by atomic mass is 16.5. The van der Waals surface area contributed by atoms with Gasteiger partial charge in [-0.15, -0.1) is 0 Å². The van der Waals surface area contributed by atoms with E-state index in [4.69, 9.17) is 14.2 Å². The van der Waals surface area contributed by atoms with Gasteiger partial charge in [0.15, 0.2) is 0 Å². The highest BCUT2D eigenvalue weighted by molar-refractivity contribution is 4.85. The van der Waals surface area contributed by atoms with Crippen LogP contribution in [0.1, 0.15) is 12.8 Å². The minimum Gasteiger partial charge on any atom is -0.381 e. The maximum Gasteiger partial charge on any atom is 0.0858 e. The normalized spacial score (nSPS) is 37.9. The van der Waals surface area contributed by atoms with Crippen molar-refractivity contribution < 1.29 is 14.2 Å². The summed E-state index contributed by atoms with van der Waals surface area (Å²) in [4.78, 5) is 0. The van der Waals surface area contributed by atoms with Crippen LogP contribution in [-0.2, 0) is 14.2 Å². The van der Waals surface area contributed by atoms with Crippen molar-refractivity contribution in [1.82, 2.24) is 0 Å². The van der Waals surface area contributed by atoms with Crippen molar-refractivity contribution in [3.63, 3.8) is 0 Å². The fourth-order valence-electron chi connectivity index (χ4n) is 1.61. The number of methoxy groups -OCH3 is 3. The Morgan fingerprint density at radius 3 is 1.55 bits per heavy atom. The molecule has 1 aliphatic carbocycles. The molecular formula is C8H16O3. The summed E-state index contributed by atoms with van der Waals surface area (Å²) in [5.74, 6) is 0. The van der Waals surface area contributed by atoms with Gasteiger partial charge < -0.3 is 14.2 Å². The molecule has 2 unspecified atom stereocenters. The number of hydrogen-bond acceptors (Lipinski definition) is 3. The van der Waals surface area contributed by atoms with Gasteiger partial charge in [-0.05, 0) is 0 Å². The highest BCUT2D eigenvalue weighted by Gasteiger charge is 2.34. The summed E-state index contributed by atoms with van der Waals surface area (Å²) >= 11 is 0. The minimum absolute atomic E-state index is 0.213. The Morgan fingerprint density at radius 2 is 1.27 bits per heavy atom. The van der Waals surface area contributed by atoms with Crippen LogP contribution >= 0.6 is 0 Å². The van der Waals surface area contributed by atoms with Gasteiger partial charge in [-0.3, -0.25) is 0 Å². The predicted octanol–water partition coefficient (Wildman–Crippen LogP) is 0.825. The Morgan fingerprint density at radius 1 is 0.818 bits per heavy atom. The molecule has 1 saturated carbocycles. The maximum atomic E-state index is 5.24. The summed E-state index contributed by atoms with van der Waals surface area (Å²) in [6.45, 7) is 0. The number of rotatable bonds is 3. The van der Waals surface area contributed by atoms with Crippen molar-refractivity contribution in [3.05, 3.63) is 0 Å². The molecule has 0 spiro atoms. The molecule has 1 rings (SSSR count). The Balaban J connectivity index is 2.41. The molecule has 2 atom stereocenters. The van der Waals surface area contributed by atoms with E-state index in [1.165, 1.54) is 0 Å². The number of hydrogen-bond donors (Lipinski definition) is 0. The third kappa shape index (κ3) is 1.92. The zero-order valence-corrected chi connectivity index (χ0v) is 7.37. The molecule has 0 N–H and O–H groups in total. The molecule has 0 saturated heterocycles. The molecule has 66 valence electrons. The lowest BCUT2D eigenvalue weighted by atomic mass is 10.3. The van der Waals surface area contributed by atoms with Crippen LogP contribution in [0.2, 0.25) is 0 Å².